The number of carboxylic acid groups (broad SMARTS) is 1. The molecule has 118 valence electrons. The number of fused-ring (bicyclic) bond motifs is 3. The van der Waals surface area contributed by atoms with Crippen molar-refractivity contribution in [2.75, 3.05) is 0 Å². The Kier molecular flexibility index (Phi) is 3.03. The van der Waals surface area contributed by atoms with Crippen molar-refractivity contribution in [3.63, 3.8) is 0 Å². The molecular formula is C19H14N2O3. The van der Waals surface area contributed by atoms with E-state index >= 15 is 0 Å². The average Bonchev–Trinajstić information content (AvgIpc) is 2.92. The maximum atomic E-state index is 12.6. The molecular weight excluding hydrogens is 304 g/mol. The third-order valence-electron chi connectivity index (χ3n) is 4.37. The summed E-state index contributed by atoms with van der Waals surface area (Å²) in [5, 5.41) is 10.4. The lowest BCUT2D eigenvalue weighted by Crippen LogP contribution is -2.15. The summed E-state index contributed by atoms with van der Waals surface area (Å²) in [6.07, 6.45) is 1.25. The first kappa shape index (κ1) is 14.3. The second-order valence-corrected chi connectivity index (χ2v) is 5.71. The monoisotopic (exact) mass is 318 g/mol. The van der Waals surface area contributed by atoms with Crippen LogP contribution in [0.5, 0.6) is 0 Å². The van der Waals surface area contributed by atoms with Crippen molar-refractivity contribution in [3.05, 3.63) is 70.5 Å². The molecule has 5 heteroatoms. The molecule has 2 heterocycles. The summed E-state index contributed by atoms with van der Waals surface area (Å²) in [7, 11) is 1.94. The number of nitrogens with zero attached hydrogens (tertiary/aromatic N) is 1. The van der Waals surface area contributed by atoms with E-state index in [1.807, 2.05) is 54.1 Å². The molecule has 0 atom stereocenters. The summed E-state index contributed by atoms with van der Waals surface area (Å²) < 4.78 is 2.01. The molecule has 0 spiro atoms. The number of H-pyrrole nitrogens is 1. The van der Waals surface area contributed by atoms with Gasteiger partial charge in [-0.15, -0.1) is 0 Å². The van der Waals surface area contributed by atoms with E-state index in [1.165, 1.54) is 6.20 Å². The van der Waals surface area contributed by atoms with Crippen molar-refractivity contribution in [1.29, 1.82) is 0 Å². The first-order chi connectivity index (χ1) is 11.6. The van der Waals surface area contributed by atoms with Crippen molar-refractivity contribution in [2.45, 2.75) is 0 Å². The molecule has 0 fully saturated rings. The minimum Gasteiger partial charge on any atom is -0.477 e. The highest BCUT2D eigenvalue weighted by atomic mass is 16.4. The van der Waals surface area contributed by atoms with E-state index in [2.05, 4.69) is 4.98 Å². The zero-order chi connectivity index (χ0) is 16.8. The fourth-order valence-corrected chi connectivity index (χ4v) is 3.17. The number of rotatable bonds is 2. The lowest BCUT2D eigenvalue weighted by molar-refractivity contribution is 0.0695. The van der Waals surface area contributed by atoms with Crippen molar-refractivity contribution in [2.24, 2.45) is 7.05 Å². The first-order valence-electron chi connectivity index (χ1n) is 7.50. The summed E-state index contributed by atoms with van der Waals surface area (Å²) in [5.74, 6) is -1.23. The summed E-state index contributed by atoms with van der Waals surface area (Å²) in [4.78, 5) is 26.8. The standard InChI is InChI=1S/C19H14N2O3/c1-21-15-8-7-14-17(18(22)13(10-20-14)19(23)24)12(15)9-16(21)11-5-3-2-4-6-11/h2-10H,1H3,(H,20,22)(H,23,24). The van der Waals surface area contributed by atoms with Crippen LogP contribution in [0.1, 0.15) is 10.4 Å². The van der Waals surface area contributed by atoms with E-state index in [0.29, 0.717) is 10.9 Å². The third-order valence-corrected chi connectivity index (χ3v) is 4.37. The van der Waals surface area contributed by atoms with Crippen LogP contribution in [0.4, 0.5) is 0 Å². The highest BCUT2D eigenvalue weighted by Gasteiger charge is 2.16. The molecule has 2 aromatic carbocycles. The Hall–Kier alpha value is -3.34. The molecule has 4 rings (SSSR count). The number of aromatic nitrogens is 2. The molecule has 0 aliphatic heterocycles. The summed E-state index contributed by atoms with van der Waals surface area (Å²) in [6, 6.07) is 15.5. The van der Waals surface area contributed by atoms with E-state index in [-0.39, 0.29) is 5.56 Å². The van der Waals surface area contributed by atoms with Gasteiger partial charge in [-0.3, -0.25) is 4.79 Å². The smallest absolute Gasteiger partial charge is 0.341 e. The fourth-order valence-electron chi connectivity index (χ4n) is 3.17. The number of nitrogens with one attached hydrogen (secondary N) is 1. The van der Waals surface area contributed by atoms with Crippen LogP contribution < -0.4 is 5.43 Å². The molecule has 5 nitrogen and oxygen atoms in total. The molecule has 0 aliphatic rings. The Morgan fingerprint density at radius 2 is 1.88 bits per heavy atom. The number of benzene rings is 2. The molecule has 0 radical (unpaired) electrons. The minimum absolute atomic E-state index is 0.250. The minimum atomic E-state index is -1.23. The average molecular weight is 318 g/mol. The Labute approximate surface area is 136 Å². The van der Waals surface area contributed by atoms with Crippen LogP contribution in [0.2, 0.25) is 0 Å². The number of hydrogen-bond acceptors (Lipinski definition) is 2. The van der Waals surface area contributed by atoms with Crippen molar-refractivity contribution < 1.29 is 9.90 Å². The molecule has 2 N–H and O–H groups in total. The van der Waals surface area contributed by atoms with E-state index in [4.69, 9.17) is 0 Å². The lowest BCUT2D eigenvalue weighted by atomic mass is 10.1. The van der Waals surface area contributed by atoms with Gasteiger partial charge in [0.25, 0.3) is 0 Å². The number of carboxylic acids is 1. The second-order valence-electron chi connectivity index (χ2n) is 5.71. The van der Waals surface area contributed by atoms with E-state index in [9.17, 15) is 14.7 Å². The number of aromatic carboxylic acids is 1. The van der Waals surface area contributed by atoms with E-state index in [1.54, 1.807) is 6.07 Å². The molecule has 0 bridgehead atoms. The number of hydrogen-bond donors (Lipinski definition) is 2. The summed E-state index contributed by atoms with van der Waals surface area (Å²) in [6.45, 7) is 0. The topological polar surface area (TPSA) is 75.1 Å². The molecule has 2 aromatic heterocycles. The van der Waals surface area contributed by atoms with Gasteiger partial charge in [0.2, 0.25) is 5.43 Å². The van der Waals surface area contributed by atoms with Crippen LogP contribution in [0.25, 0.3) is 33.1 Å². The van der Waals surface area contributed by atoms with Crippen LogP contribution in [-0.2, 0) is 7.05 Å². The van der Waals surface area contributed by atoms with Crippen LogP contribution in [0.15, 0.2) is 59.5 Å². The lowest BCUT2D eigenvalue weighted by Gasteiger charge is -2.05. The first-order valence-corrected chi connectivity index (χ1v) is 7.50. The van der Waals surface area contributed by atoms with Gasteiger partial charge in [-0.05, 0) is 23.8 Å². The Bertz CT molecular complexity index is 1150. The maximum Gasteiger partial charge on any atom is 0.341 e. The molecule has 0 saturated heterocycles. The van der Waals surface area contributed by atoms with Gasteiger partial charge in [-0.1, -0.05) is 30.3 Å². The fraction of sp³-hybridized carbons (Fsp3) is 0.0526. The number of pyridine rings is 1. The Morgan fingerprint density at radius 3 is 2.58 bits per heavy atom. The van der Waals surface area contributed by atoms with E-state index in [0.717, 1.165) is 22.2 Å². The molecule has 0 aliphatic carbocycles. The van der Waals surface area contributed by atoms with Gasteiger partial charge in [0.1, 0.15) is 5.56 Å². The normalized spacial score (nSPS) is 11.2. The third kappa shape index (κ3) is 1.95. The van der Waals surface area contributed by atoms with Gasteiger partial charge < -0.3 is 14.7 Å². The summed E-state index contributed by atoms with van der Waals surface area (Å²) in [5.41, 5.74) is 2.80. The number of carbonyl (C=O) groups is 1. The number of aromatic amines is 1. The van der Waals surface area contributed by atoms with Gasteiger partial charge in [0, 0.05) is 29.8 Å². The molecule has 0 unspecified atom stereocenters. The SMILES string of the molecule is Cn1c(-c2ccccc2)cc2c3c(=O)c(C(=O)O)c[nH]c3ccc21. The van der Waals surface area contributed by atoms with E-state index < -0.39 is 11.4 Å². The zero-order valence-electron chi connectivity index (χ0n) is 12.9. The maximum absolute atomic E-state index is 12.6. The second kappa shape index (κ2) is 5.09. The van der Waals surface area contributed by atoms with Crippen molar-refractivity contribution >= 4 is 27.8 Å². The van der Waals surface area contributed by atoms with Crippen LogP contribution in [-0.4, -0.2) is 20.6 Å². The zero-order valence-corrected chi connectivity index (χ0v) is 12.9. The van der Waals surface area contributed by atoms with Crippen LogP contribution in [0, 0.1) is 0 Å². The van der Waals surface area contributed by atoms with Gasteiger partial charge in [-0.25, -0.2) is 4.79 Å². The van der Waals surface area contributed by atoms with Gasteiger partial charge in [0.15, 0.2) is 0 Å². The quantitative estimate of drug-likeness (QED) is 0.595. The molecule has 0 amide bonds. The molecule has 24 heavy (non-hydrogen) atoms. The molecule has 0 saturated carbocycles. The largest absolute Gasteiger partial charge is 0.477 e. The predicted octanol–water partition coefficient (Wildman–Crippen LogP) is 3.39. The van der Waals surface area contributed by atoms with Gasteiger partial charge in [-0.2, -0.15) is 0 Å². The Morgan fingerprint density at radius 1 is 1.12 bits per heavy atom. The highest BCUT2D eigenvalue weighted by Crippen LogP contribution is 2.30. The van der Waals surface area contributed by atoms with Gasteiger partial charge >= 0.3 is 5.97 Å². The van der Waals surface area contributed by atoms with Gasteiger partial charge in [0.05, 0.1) is 10.9 Å². The van der Waals surface area contributed by atoms with Crippen LogP contribution >= 0.6 is 0 Å². The van der Waals surface area contributed by atoms with Crippen molar-refractivity contribution in [1.82, 2.24) is 9.55 Å². The summed E-state index contributed by atoms with van der Waals surface area (Å²) >= 11 is 0. The Balaban J connectivity index is 2.14. The van der Waals surface area contributed by atoms with Crippen molar-refractivity contribution in [3.8, 4) is 11.3 Å². The number of aryl methyl sites for hydroxylation is 1. The van der Waals surface area contributed by atoms with Crippen LogP contribution in [0.3, 0.4) is 0 Å². The highest BCUT2D eigenvalue weighted by molar-refractivity contribution is 6.08. The predicted molar refractivity (Wildman–Crippen MR) is 93.4 cm³/mol. The molecule has 4 aromatic rings.